The van der Waals surface area contributed by atoms with Crippen molar-refractivity contribution < 1.29 is 9.47 Å². The molecule has 82 valence electrons. The summed E-state index contributed by atoms with van der Waals surface area (Å²) in [4.78, 5) is 0. The third-order valence-corrected chi connectivity index (χ3v) is 3.31. The van der Waals surface area contributed by atoms with E-state index in [1.165, 1.54) is 25.7 Å². The Hall–Kier alpha value is -0.120. The summed E-state index contributed by atoms with van der Waals surface area (Å²) in [7, 11) is 1.81. The molecule has 1 aliphatic heterocycles. The van der Waals surface area contributed by atoms with E-state index >= 15 is 0 Å². The SMILES string of the molecule is COC1CCCC(O[C@H]2CCNC2)C1. The number of hydrogen-bond acceptors (Lipinski definition) is 3. The molecule has 14 heavy (non-hydrogen) atoms. The van der Waals surface area contributed by atoms with Crippen molar-refractivity contribution in [3.05, 3.63) is 0 Å². The second-order valence-corrected chi connectivity index (χ2v) is 4.40. The van der Waals surface area contributed by atoms with Crippen molar-refractivity contribution in [2.45, 2.75) is 50.4 Å². The van der Waals surface area contributed by atoms with Crippen molar-refractivity contribution >= 4 is 0 Å². The fraction of sp³-hybridized carbons (Fsp3) is 1.00. The summed E-state index contributed by atoms with van der Waals surface area (Å²) in [5, 5.41) is 3.33. The van der Waals surface area contributed by atoms with Crippen LogP contribution in [0.5, 0.6) is 0 Å². The minimum Gasteiger partial charge on any atom is -0.381 e. The standard InChI is InChI=1S/C11H21NO2/c1-13-9-3-2-4-10(7-9)14-11-5-6-12-8-11/h9-12H,2-8H2,1H3/t9?,10?,11-/m0/s1. The van der Waals surface area contributed by atoms with Gasteiger partial charge >= 0.3 is 0 Å². The van der Waals surface area contributed by atoms with Crippen LogP contribution < -0.4 is 5.32 Å². The van der Waals surface area contributed by atoms with Gasteiger partial charge in [-0.3, -0.25) is 0 Å². The molecule has 1 N–H and O–H groups in total. The third kappa shape index (κ3) is 2.69. The zero-order chi connectivity index (χ0) is 9.80. The smallest absolute Gasteiger partial charge is 0.0715 e. The van der Waals surface area contributed by atoms with Gasteiger partial charge in [0, 0.05) is 13.7 Å². The lowest BCUT2D eigenvalue weighted by molar-refractivity contribution is -0.0581. The fourth-order valence-corrected chi connectivity index (χ4v) is 2.46. The van der Waals surface area contributed by atoms with Gasteiger partial charge in [-0.1, -0.05) is 0 Å². The average Bonchev–Trinajstić information content (AvgIpc) is 2.71. The predicted molar refractivity (Wildman–Crippen MR) is 55.4 cm³/mol. The predicted octanol–water partition coefficient (Wildman–Crippen LogP) is 1.32. The molecule has 0 spiro atoms. The maximum Gasteiger partial charge on any atom is 0.0715 e. The Kier molecular flexibility index (Phi) is 3.79. The van der Waals surface area contributed by atoms with Gasteiger partial charge in [0.1, 0.15) is 0 Å². The number of rotatable bonds is 3. The molecule has 2 rings (SSSR count). The minimum absolute atomic E-state index is 0.433. The monoisotopic (exact) mass is 199 g/mol. The molecule has 2 unspecified atom stereocenters. The minimum atomic E-state index is 0.433. The van der Waals surface area contributed by atoms with Crippen molar-refractivity contribution in [1.82, 2.24) is 5.32 Å². The van der Waals surface area contributed by atoms with Gasteiger partial charge in [0.25, 0.3) is 0 Å². The molecule has 0 aromatic rings. The number of hydrogen-bond donors (Lipinski definition) is 1. The first kappa shape index (κ1) is 10.4. The highest BCUT2D eigenvalue weighted by molar-refractivity contribution is 4.78. The summed E-state index contributed by atoms with van der Waals surface area (Å²) >= 11 is 0. The molecule has 0 radical (unpaired) electrons. The maximum atomic E-state index is 6.04. The van der Waals surface area contributed by atoms with E-state index in [4.69, 9.17) is 9.47 Å². The molecule has 3 nitrogen and oxygen atoms in total. The van der Waals surface area contributed by atoms with Gasteiger partial charge in [-0.05, 0) is 38.6 Å². The van der Waals surface area contributed by atoms with Crippen LogP contribution in [-0.4, -0.2) is 38.5 Å². The lowest BCUT2D eigenvalue weighted by Crippen LogP contribution is -2.31. The van der Waals surface area contributed by atoms with Gasteiger partial charge in [0.15, 0.2) is 0 Å². The van der Waals surface area contributed by atoms with Gasteiger partial charge in [-0.2, -0.15) is 0 Å². The highest BCUT2D eigenvalue weighted by atomic mass is 16.5. The first-order valence-corrected chi connectivity index (χ1v) is 5.77. The summed E-state index contributed by atoms with van der Waals surface area (Å²) in [6.07, 6.45) is 7.28. The lowest BCUT2D eigenvalue weighted by atomic mass is 9.95. The van der Waals surface area contributed by atoms with E-state index in [1.54, 1.807) is 0 Å². The van der Waals surface area contributed by atoms with E-state index in [9.17, 15) is 0 Å². The summed E-state index contributed by atoms with van der Waals surface area (Å²) in [5.74, 6) is 0. The topological polar surface area (TPSA) is 30.5 Å². The van der Waals surface area contributed by atoms with Gasteiger partial charge in [0.05, 0.1) is 18.3 Å². The molecule has 0 aromatic heterocycles. The maximum absolute atomic E-state index is 6.04. The largest absolute Gasteiger partial charge is 0.381 e. The molecular formula is C11H21NO2. The zero-order valence-corrected chi connectivity index (χ0v) is 9.00. The molecule has 1 heterocycles. The van der Waals surface area contributed by atoms with Crippen LogP contribution in [0.4, 0.5) is 0 Å². The first-order chi connectivity index (χ1) is 6.88. The molecule has 3 atom stereocenters. The molecule has 2 aliphatic rings. The van der Waals surface area contributed by atoms with E-state index in [2.05, 4.69) is 5.32 Å². The molecule has 0 amide bonds. The Morgan fingerprint density at radius 3 is 2.64 bits per heavy atom. The van der Waals surface area contributed by atoms with Crippen LogP contribution in [0.2, 0.25) is 0 Å². The molecule has 1 saturated heterocycles. The van der Waals surface area contributed by atoms with Crippen LogP contribution in [0.1, 0.15) is 32.1 Å². The van der Waals surface area contributed by atoms with Gasteiger partial charge in [-0.25, -0.2) is 0 Å². The van der Waals surface area contributed by atoms with Crippen molar-refractivity contribution in [3.8, 4) is 0 Å². The molecule has 3 heteroatoms. The van der Waals surface area contributed by atoms with Gasteiger partial charge in [0.2, 0.25) is 0 Å². The van der Waals surface area contributed by atoms with E-state index in [0.29, 0.717) is 18.3 Å². The van der Waals surface area contributed by atoms with Crippen molar-refractivity contribution in [2.75, 3.05) is 20.2 Å². The quantitative estimate of drug-likeness (QED) is 0.743. The summed E-state index contributed by atoms with van der Waals surface area (Å²) in [6.45, 7) is 2.15. The first-order valence-electron chi connectivity index (χ1n) is 5.77. The van der Waals surface area contributed by atoms with Crippen LogP contribution >= 0.6 is 0 Å². The van der Waals surface area contributed by atoms with Crippen LogP contribution in [0.25, 0.3) is 0 Å². The summed E-state index contributed by atoms with van der Waals surface area (Å²) in [5.41, 5.74) is 0. The Labute approximate surface area is 86.2 Å². The summed E-state index contributed by atoms with van der Waals surface area (Å²) < 4.78 is 11.4. The third-order valence-electron chi connectivity index (χ3n) is 3.31. The van der Waals surface area contributed by atoms with Crippen LogP contribution in [-0.2, 0) is 9.47 Å². The second kappa shape index (κ2) is 5.10. The normalized spacial score (nSPS) is 38.8. The molecule has 1 saturated carbocycles. The van der Waals surface area contributed by atoms with E-state index in [0.717, 1.165) is 19.5 Å². The highest BCUT2D eigenvalue weighted by Crippen LogP contribution is 2.24. The molecular weight excluding hydrogens is 178 g/mol. The van der Waals surface area contributed by atoms with E-state index < -0.39 is 0 Å². The Balaban J connectivity index is 1.73. The van der Waals surface area contributed by atoms with Gasteiger partial charge in [-0.15, -0.1) is 0 Å². The number of methoxy groups -OCH3 is 1. The van der Waals surface area contributed by atoms with Crippen LogP contribution in [0, 0.1) is 0 Å². The van der Waals surface area contributed by atoms with E-state index in [1.807, 2.05) is 7.11 Å². The summed E-state index contributed by atoms with van der Waals surface area (Å²) in [6, 6.07) is 0. The van der Waals surface area contributed by atoms with Crippen LogP contribution in [0.15, 0.2) is 0 Å². The molecule has 1 aliphatic carbocycles. The Morgan fingerprint density at radius 2 is 1.93 bits per heavy atom. The van der Waals surface area contributed by atoms with E-state index in [-0.39, 0.29) is 0 Å². The number of nitrogens with one attached hydrogen (secondary N) is 1. The molecule has 0 bridgehead atoms. The number of ether oxygens (including phenoxy) is 2. The molecule has 2 fully saturated rings. The lowest BCUT2D eigenvalue weighted by Gasteiger charge is -2.30. The van der Waals surface area contributed by atoms with Crippen molar-refractivity contribution in [1.29, 1.82) is 0 Å². The van der Waals surface area contributed by atoms with Gasteiger partial charge < -0.3 is 14.8 Å². The molecule has 0 aromatic carbocycles. The fourth-order valence-electron chi connectivity index (χ4n) is 2.46. The van der Waals surface area contributed by atoms with Crippen molar-refractivity contribution in [3.63, 3.8) is 0 Å². The zero-order valence-electron chi connectivity index (χ0n) is 9.00. The Morgan fingerprint density at radius 1 is 1.07 bits per heavy atom. The average molecular weight is 199 g/mol. The highest BCUT2D eigenvalue weighted by Gasteiger charge is 2.26. The van der Waals surface area contributed by atoms with Crippen LogP contribution in [0.3, 0.4) is 0 Å². The van der Waals surface area contributed by atoms with Crippen molar-refractivity contribution in [2.24, 2.45) is 0 Å². The second-order valence-electron chi connectivity index (χ2n) is 4.40. The Bertz CT molecular complexity index is 169.